The summed E-state index contributed by atoms with van der Waals surface area (Å²) in [5, 5.41) is 10.6. The number of hydrogen-bond acceptors (Lipinski definition) is 2. The topological polar surface area (TPSA) is 43.1 Å². The van der Waals surface area contributed by atoms with Crippen LogP contribution in [0.3, 0.4) is 0 Å². The standard InChI is InChI=1S/C16H15F2NO2/c1-2-3-4-11-5-7-12(8-6-11)16-14(17)9-13(19(20)21)10-15(16)18/h5-10H,2-4H2,1H3. The van der Waals surface area contributed by atoms with Crippen LogP contribution in [-0.2, 0) is 6.42 Å². The normalized spacial score (nSPS) is 10.6. The van der Waals surface area contributed by atoms with Crippen LogP contribution in [0.2, 0.25) is 0 Å². The van der Waals surface area contributed by atoms with E-state index in [0.29, 0.717) is 5.56 Å². The molecule has 2 aromatic carbocycles. The van der Waals surface area contributed by atoms with Gasteiger partial charge >= 0.3 is 0 Å². The molecule has 0 aromatic heterocycles. The molecule has 0 radical (unpaired) electrons. The van der Waals surface area contributed by atoms with Gasteiger partial charge in [-0.1, -0.05) is 37.6 Å². The fourth-order valence-corrected chi connectivity index (χ4v) is 2.16. The first-order valence-electron chi connectivity index (χ1n) is 6.75. The lowest BCUT2D eigenvalue weighted by molar-refractivity contribution is -0.385. The third kappa shape index (κ3) is 3.42. The van der Waals surface area contributed by atoms with Crippen LogP contribution < -0.4 is 0 Å². The Morgan fingerprint density at radius 1 is 1.10 bits per heavy atom. The molecule has 0 atom stereocenters. The Bertz CT molecular complexity index is 631. The summed E-state index contributed by atoms with van der Waals surface area (Å²) in [4.78, 5) is 9.75. The molecule has 5 heteroatoms. The highest BCUT2D eigenvalue weighted by atomic mass is 19.1. The van der Waals surface area contributed by atoms with Gasteiger partial charge in [0.15, 0.2) is 0 Å². The number of halogens is 2. The van der Waals surface area contributed by atoms with Crippen molar-refractivity contribution in [3.63, 3.8) is 0 Å². The molecule has 0 unspecified atom stereocenters. The molecular formula is C16H15F2NO2. The molecule has 110 valence electrons. The van der Waals surface area contributed by atoms with E-state index < -0.39 is 22.2 Å². The molecular weight excluding hydrogens is 276 g/mol. The number of hydrogen-bond donors (Lipinski definition) is 0. The molecule has 2 rings (SSSR count). The van der Waals surface area contributed by atoms with Crippen molar-refractivity contribution in [1.82, 2.24) is 0 Å². The summed E-state index contributed by atoms with van der Waals surface area (Å²) >= 11 is 0. The first-order valence-corrected chi connectivity index (χ1v) is 6.75. The number of nitro groups is 1. The number of nitro benzene ring substituents is 1. The van der Waals surface area contributed by atoms with Crippen molar-refractivity contribution in [2.75, 3.05) is 0 Å². The molecule has 3 nitrogen and oxygen atoms in total. The quantitative estimate of drug-likeness (QED) is 0.582. The number of non-ortho nitro benzene ring substituents is 1. The van der Waals surface area contributed by atoms with Crippen molar-refractivity contribution in [3.8, 4) is 11.1 Å². The van der Waals surface area contributed by atoms with Crippen molar-refractivity contribution in [2.45, 2.75) is 26.2 Å². The van der Waals surface area contributed by atoms with E-state index in [1.165, 1.54) is 0 Å². The maximum absolute atomic E-state index is 13.9. The first-order chi connectivity index (χ1) is 10.0. The second kappa shape index (κ2) is 6.43. The molecule has 0 heterocycles. The van der Waals surface area contributed by atoms with E-state index in [0.717, 1.165) is 37.0 Å². The van der Waals surface area contributed by atoms with Crippen LogP contribution in [-0.4, -0.2) is 4.92 Å². The highest BCUT2D eigenvalue weighted by Gasteiger charge is 2.18. The fourth-order valence-electron chi connectivity index (χ4n) is 2.16. The average molecular weight is 291 g/mol. The third-order valence-electron chi connectivity index (χ3n) is 3.30. The Morgan fingerprint density at radius 2 is 1.67 bits per heavy atom. The maximum atomic E-state index is 13.9. The molecule has 0 saturated heterocycles. The van der Waals surface area contributed by atoms with E-state index in [9.17, 15) is 18.9 Å². The Balaban J connectivity index is 2.35. The highest BCUT2D eigenvalue weighted by molar-refractivity contribution is 5.66. The minimum Gasteiger partial charge on any atom is -0.258 e. The SMILES string of the molecule is CCCCc1ccc(-c2c(F)cc([N+](=O)[O-])cc2F)cc1. The van der Waals surface area contributed by atoms with Crippen molar-refractivity contribution in [2.24, 2.45) is 0 Å². The van der Waals surface area contributed by atoms with Gasteiger partial charge in [-0.3, -0.25) is 10.1 Å². The summed E-state index contributed by atoms with van der Waals surface area (Å²) in [7, 11) is 0. The molecule has 0 spiro atoms. The molecule has 2 aromatic rings. The molecule has 0 N–H and O–H groups in total. The van der Waals surface area contributed by atoms with E-state index in [-0.39, 0.29) is 5.56 Å². The highest BCUT2D eigenvalue weighted by Crippen LogP contribution is 2.30. The van der Waals surface area contributed by atoms with Gasteiger partial charge in [0.2, 0.25) is 0 Å². The van der Waals surface area contributed by atoms with Gasteiger partial charge in [-0.15, -0.1) is 0 Å². The number of nitrogens with zero attached hydrogens (tertiary/aromatic N) is 1. The van der Waals surface area contributed by atoms with Crippen molar-refractivity contribution in [3.05, 3.63) is 63.7 Å². The Hall–Kier alpha value is -2.30. The smallest absolute Gasteiger partial charge is 0.258 e. The molecule has 21 heavy (non-hydrogen) atoms. The number of aryl methyl sites for hydroxylation is 1. The number of benzene rings is 2. The second-order valence-corrected chi connectivity index (χ2v) is 4.84. The minimum atomic E-state index is -0.928. The van der Waals surface area contributed by atoms with Crippen LogP contribution in [0.5, 0.6) is 0 Å². The van der Waals surface area contributed by atoms with Crippen LogP contribution >= 0.6 is 0 Å². The maximum Gasteiger partial charge on any atom is 0.275 e. The van der Waals surface area contributed by atoms with E-state index >= 15 is 0 Å². The summed E-state index contributed by atoms with van der Waals surface area (Å²) in [6, 6.07) is 8.40. The van der Waals surface area contributed by atoms with Crippen LogP contribution in [0.25, 0.3) is 11.1 Å². The van der Waals surface area contributed by atoms with Crippen molar-refractivity contribution < 1.29 is 13.7 Å². The van der Waals surface area contributed by atoms with Crippen LogP contribution in [0.15, 0.2) is 36.4 Å². The molecule has 0 fully saturated rings. The third-order valence-corrected chi connectivity index (χ3v) is 3.30. The number of unbranched alkanes of at least 4 members (excludes halogenated alkanes) is 1. The van der Waals surface area contributed by atoms with Gasteiger partial charge in [0.25, 0.3) is 5.69 Å². The molecule has 0 aliphatic carbocycles. The summed E-state index contributed by atoms with van der Waals surface area (Å²) in [5.74, 6) is -1.86. The van der Waals surface area contributed by atoms with E-state index in [4.69, 9.17) is 0 Å². The minimum absolute atomic E-state index is 0.234. The molecule has 0 bridgehead atoms. The predicted octanol–water partition coefficient (Wildman–Crippen LogP) is 4.88. The van der Waals surface area contributed by atoms with Crippen LogP contribution in [0.1, 0.15) is 25.3 Å². The average Bonchev–Trinajstić information content (AvgIpc) is 2.45. The lowest BCUT2D eigenvalue weighted by Crippen LogP contribution is -1.95. The van der Waals surface area contributed by atoms with Gasteiger partial charge in [0, 0.05) is 0 Å². The molecule has 0 aliphatic heterocycles. The largest absolute Gasteiger partial charge is 0.275 e. The first kappa shape index (κ1) is 15.1. The molecule has 0 aliphatic rings. The van der Waals surface area contributed by atoms with Gasteiger partial charge in [-0.25, -0.2) is 8.78 Å². The summed E-state index contributed by atoms with van der Waals surface area (Å²) in [5.41, 5.74) is 0.652. The second-order valence-electron chi connectivity index (χ2n) is 4.84. The van der Waals surface area contributed by atoms with E-state index in [1.54, 1.807) is 12.1 Å². The Morgan fingerprint density at radius 3 is 2.14 bits per heavy atom. The van der Waals surface area contributed by atoms with Gasteiger partial charge in [-0.05, 0) is 24.0 Å². The monoisotopic (exact) mass is 291 g/mol. The molecule has 0 amide bonds. The molecule has 0 saturated carbocycles. The lowest BCUT2D eigenvalue weighted by atomic mass is 10.0. The van der Waals surface area contributed by atoms with Gasteiger partial charge in [0.05, 0.1) is 22.6 Å². The Labute approximate surface area is 121 Å². The zero-order valence-corrected chi connectivity index (χ0v) is 11.6. The van der Waals surface area contributed by atoms with Crippen molar-refractivity contribution >= 4 is 5.69 Å². The van der Waals surface area contributed by atoms with E-state index in [1.807, 2.05) is 12.1 Å². The number of rotatable bonds is 5. The van der Waals surface area contributed by atoms with Crippen LogP contribution in [0.4, 0.5) is 14.5 Å². The lowest BCUT2D eigenvalue weighted by Gasteiger charge is -2.07. The van der Waals surface area contributed by atoms with Crippen molar-refractivity contribution in [1.29, 1.82) is 0 Å². The summed E-state index contributed by atoms with van der Waals surface area (Å²) in [6.07, 6.45) is 3.05. The van der Waals surface area contributed by atoms with E-state index in [2.05, 4.69) is 6.92 Å². The zero-order valence-electron chi connectivity index (χ0n) is 11.6. The van der Waals surface area contributed by atoms with Gasteiger partial charge in [-0.2, -0.15) is 0 Å². The van der Waals surface area contributed by atoms with Gasteiger partial charge in [0.1, 0.15) is 11.6 Å². The fraction of sp³-hybridized carbons (Fsp3) is 0.250. The zero-order chi connectivity index (χ0) is 15.4. The Kier molecular flexibility index (Phi) is 4.62. The van der Waals surface area contributed by atoms with Gasteiger partial charge < -0.3 is 0 Å². The summed E-state index contributed by atoms with van der Waals surface area (Å²) < 4.78 is 27.8. The summed E-state index contributed by atoms with van der Waals surface area (Å²) in [6.45, 7) is 2.09. The predicted molar refractivity (Wildman–Crippen MR) is 77.1 cm³/mol. The van der Waals surface area contributed by atoms with Crippen LogP contribution in [0, 0.1) is 21.7 Å².